The summed E-state index contributed by atoms with van der Waals surface area (Å²) in [6.45, 7) is 5.23. The highest BCUT2D eigenvalue weighted by atomic mass is 32.1. The maximum absolute atomic E-state index is 13.2. The molecular weight excluding hydrogens is 337 g/mol. The molecule has 4 nitrogen and oxygen atoms in total. The molecule has 1 aromatic carbocycles. The summed E-state index contributed by atoms with van der Waals surface area (Å²) in [5, 5.41) is 4.37. The second-order valence-corrected chi connectivity index (χ2v) is 6.25. The van der Waals surface area contributed by atoms with Crippen LogP contribution in [0.2, 0.25) is 0 Å². The largest absolute Gasteiger partial charge is 0.416 e. The van der Waals surface area contributed by atoms with E-state index in [1.807, 2.05) is 13.8 Å². The molecular formula is C16H15F3N4S. The molecule has 0 fully saturated rings. The molecule has 3 aromatic rings. The summed E-state index contributed by atoms with van der Waals surface area (Å²) in [6.07, 6.45) is -2.11. The third-order valence-electron chi connectivity index (χ3n) is 3.69. The zero-order valence-corrected chi connectivity index (χ0v) is 14.2. The monoisotopic (exact) mass is 352 g/mol. The van der Waals surface area contributed by atoms with Gasteiger partial charge >= 0.3 is 6.18 Å². The van der Waals surface area contributed by atoms with E-state index < -0.39 is 11.7 Å². The Morgan fingerprint density at radius 1 is 1.17 bits per heavy atom. The molecule has 24 heavy (non-hydrogen) atoms. The van der Waals surface area contributed by atoms with Crippen LogP contribution < -0.4 is 0 Å². The minimum absolute atomic E-state index is 0.178. The molecule has 2 aromatic heterocycles. The van der Waals surface area contributed by atoms with Gasteiger partial charge in [0.2, 0.25) is 0 Å². The Hall–Kier alpha value is -2.22. The fourth-order valence-electron chi connectivity index (χ4n) is 2.38. The Morgan fingerprint density at radius 3 is 2.50 bits per heavy atom. The van der Waals surface area contributed by atoms with Crippen LogP contribution in [0.4, 0.5) is 13.2 Å². The van der Waals surface area contributed by atoms with Crippen molar-refractivity contribution in [3.05, 3.63) is 46.9 Å². The van der Waals surface area contributed by atoms with Gasteiger partial charge < -0.3 is 0 Å². The van der Waals surface area contributed by atoms with E-state index >= 15 is 0 Å². The normalized spacial score (nSPS) is 11.9. The molecule has 0 bridgehead atoms. The number of hydrogen-bond donors (Lipinski definition) is 0. The first-order valence-electron chi connectivity index (χ1n) is 7.37. The highest BCUT2D eigenvalue weighted by molar-refractivity contribution is 7.09. The van der Waals surface area contributed by atoms with E-state index in [-0.39, 0.29) is 5.56 Å². The summed E-state index contributed by atoms with van der Waals surface area (Å²) in [5.74, 6) is 1.09. The Kier molecular flexibility index (Phi) is 4.16. The molecule has 0 aliphatic heterocycles. The van der Waals surface area contributed by atoms with Gasteiger partial charge in [-0.2, -0.15) is 18.3 Å². The van der Waals surface area contributed by atoms with Crippen molar-refractivity contribution in [2.45, 2.75) is 33.4 Å². The van der Waals surface area contributed by atoms with Gasteiger partial charge in [0.1, 0.15) is 0 Å². The SMILES string of the molecule is CCc1nc(-c2sncc2C)n(-c2ccc(C)c(C(F)(F)F)c2)n1. The predicted octanol–water partition coefficient (Wildman–Crippen LogP) is 4.59. The van der Waals surface area contributed by atoms with E-state index in [9.17, 15) is 13.2 Å². The molecule has 3 rings (SSSR count). The first kappa shape index (κ1) is 16.6. The molecule has 0 amide bonds. The van der Waals surface area contributed by atoms with Crippen molar-refractivity contribution in [1.82, 2.24) is 19.1 Å². The van der Waals surface area contributed by atoms with E-state index in [1.54, 1.807) is 12.3 Å². The lowest BCUT2D eigenvalue weighted by Gasteiger charge is -2.13. The second-order valence-electron chi connectivity index (χ2n) is 5.45. The van der Waals surface area contributed by atoms with Crippen LogP contribution in [0.5, 0.6) is 0 Å². The van der Waals surface area contributed by atoms with Crippen molar-refractivity contribution in [3.8, 4) is 16.4 Å². The van der Waals surface area contributed by atoms with Crippen molar-refractivity contribution in [3.63, 3.8) is 0 Å². The maximum Gasteiger partial charge on any atom is 0.416 e. The molecule has 0 spiro atoms. The molecule has 0 N–H and O–H groups in total. The van der Waals surface area contributed by atoms with Gasteiger partial charge in [-0.3, -0.25) is 0 Å². The van der Waals surface area contributed by atoms with Crippen LogP contribution >= 0.6 is 11.5 Å². The molecule has 2 heterocycles. The van der Waals surface area contributed by atoms with Crippen LogP contribution in [0.25, 0.3) is 16.4 Å². The van der Waals surface area contributed by atoms with E-state index in [2.05, 4.69) is 14.5 Å². The third-order valence-corrected chi connectivity index (χ3v) is 4.59. The van der Waals surface area contributed by atoms with Crippen LogP contribution in [0.3, 0.4) is 0 Å². The Morgan fingerprint density at radius 2 is 1.92 bits per heavy atom. The summed E-state index contributed by atoms with van der Waals surface area (Å²) in [7, 11) is 0. The quantitative estimate of drug-likeness (QED) is 0.692. The van der Waals surface area contributed by atoms with Crippen molar-refractivity contribution in [2.75, 3.05) is 0 Å². The van der Waals surface area contributed by atoms with Gasteiger partial charge in [-0.25, -0.2) is 14.0 Å². The van der Waals surface area contributed by atoms with Gasteiger partial charge in [0.25, 0.3) is 0 Å². The van der Waals surface area contributed by atoms with Gasteiger partial charge in [-0.15, -0.1) is 0 Å². The number of halogens is 3. The van der Waals surface area contributed by atoms with Crippen LogP contribution in [-0.2, 0) is 12.6 Å². The summed E-state index contributed by atoms with van der Waals surface area (Å²) in [4.78, 5) is 5.27. The van der Waals surface area contributed by atoms with Crippen LogP contribution in [0, 0.1) is 13.8 Å². The Bertz CT molecular complexity index is 880. The molecule has 0 atom stereocenters. The second kappa shape index (κ2) is 6.01. The Labute approximate surface area is 141 Å². The summed E-state index contributed by atoms with van der Waals surface area (Å²) < 4.78 is 45.2. The Balaban J connectivity index is 2.20. The molecule has 0 aliphatic rings. The average Bonchev–Trinajstić information content (AvgIpc) is 3.12. The molecule has 0 saturated heterocycles. The van der Waals surface area contributed by atoms with E-state index in [1.165, 1.54) is 29.2 Å². The average molecular weight is 352 g/mol. The summed E-state index contributed by atoms with van der Waals surface area (Å²) in [5.41, 5.74) is 0.764. The van der Waals surface area contributed by atoms with Crippen molar-refractivity contribution in [1.29, 1.82) is 0 Å². The number of hydrogen-bond acceptors (Lipinski definition) is 4. The zero-order chi connectivity index (χ0) is 17.5. The molecule has 8 heteroatoms. The minimum atomic E-state index is -4.41. The van der Waals surface area contributed by atoms with Gasteiger partial charge in [-0.1, -0.05) is 13.0 Å². The lowest BCUT2D eigenvalue weighted by atomic mass is 10.1. The number of aromatic nitrogens is 4. The number of nitrogens with zero attached hydrogens (tertiary/aromatic N) is 4. The lowest BCUT2D eigenvalue weighted by molar-refractivity contribution is -0.138. The smallest absolute Gasteiger partial charge is 0.212 e. The topological polar surface area (TPSA) is 43.6 Å². The van der Waals surface area contributed by atoms with E-state index in [0.29, 0.717) is 23.8 Å². The zero-order valence-electron chi connectivity index (χ0n) is 13.3. The van der Waals surface area contributed by atoms with Gasteiger partial charge in [0, 0.05) is 12.6 Å². The molecule has 0 unspecified atom stereocenters. The van der Waals surface area contributed by atoms with E-state index in [4.69, 9.17) is 0 Å². The number of alkyl halides is 3. The number of benzene rings is 1. The molecule has 0 saturated carbocycles. The van der Waals surface area contributed by atoms with Gasteiger partial charge in [0.05, 0.1) is 16.1 Å². The number of aryl methyl sites for hydroxylation is 3. The highest BCUT2D eigenvalue weighted by Gasteiger charge is 2.33. The van der Waals surface area contributed by atoms with Crippen LogP contribution in [0.15, 0.2) is 24.4 Å². The van der Waals surface area contributed by atoms with Crippen LogP contribution in [0.1, 0.15) is 29.4 Å². The van der Waals surface area contributed by atoms with E-state index in [0.717, 1.165) is 16.5 Å². The third kappa shape index (κ3) is 2.93. The maximum atomic E-state index is 13.2. The molecule has 0 radical (unpaired) electrons. The predicted molar refractivity (Wildman–Crippen MR) is 86.3 cm³/mol. The lowest BCUT2D eigenvalue weighted by Crippen LogP contribution is -2.09. The fourth-order valence-corrected chi connectivity index (χ4v) is 3.11. The van der Waals surface area contributed by atoms with Gasteiger partial charge in [0.15, 0.2) is 11.6 Å². The molecule has 0 aliphatic carbocycles. The first-order chi connectivity index (χ1) is 11.3. The standard InChI is InChI=1S/C16H15F3N4S/c1-4-13-21-15(14-10(3)8-20-24-14)23(22-13)11-6-5-9(2)12(7-11)16(17,18)19/h5-8H,4H2,1-3H3. The fraction of sp³-hybridized carbons (Fsp3) is 0.312. The van der Waals surface area contributed by atoms with Crippen molar-refractivity contribution < 1.29 is 13.2 Å². The molecule has 126 valence electrons. The summed E-state index contributed by atoms with van der Waals surface area (Å²) >= 11 is 1.25. The summed E-state index contributed by atoms with van der Waals surface area (Å²) in [6, 6.07) is 4.19. The van der Waals surface area contributed by atoms with Crippen molar-refractivity contribution in [2.24, 2.45) is 0 Å². The van der Waals surface area contributed by atoms with Crippen molar-refractivity contribution >= 4 is 11.5 Å². The number of rotatable bonds is 3. The minimum Gasteiger partial charge on any atom is -0.212 e. The highest BCUT2D eigenvalue weighted by Crippen LogP contribution is 2.34. The van der Waals surface area contributed by atoms with Crippen LogP contribution in [-0.4, -0.2) is 19.1 Å². The first-order valence-corrected chi connectivity index (χ1v) is 8.14. The van der Waals surface area contributed by atoms with Gasteiger partial charge in [-0.05, 0) is 48.6 Å².